The fraction of sp³-hybridized carbons (Fsp3) is 0.250. The van der Waals surface area contributed by atoms with Crippen LogP contribution < -0.4 is 0 Å². The van der Waals surface area contributed by atoms with Crippen LogP contribution in [0.15, 0.2) is 22.9 Å². The van der Waals surface area contributed by atoms with Gasteiger partial charge in [-0.25, -0.2) is 0 Å². The van der Waals surface area contributed by atoms with E-state index in [-0.39, 0.29) is 0 Å². The predicted molar refractivity (Wildman–Crippen MR) is 47.7 cm³/mol. The van der Waals surface area contributed by atoms with Crippen molar-refractivity contribution in [3.8, 4) is 0 Å². The first-order valence-corrected chi connectivity index (χ1v) is 4.24. The molecule has 64 valence electrons. The van der Waals surface area contributed by atoms with Crippen molar-refractivity contribution >= 4 is 22.2 Å². The van der Waals surface area contributed by atoms with Gasteiger partial charge in [-0.3, -0.25) is 4.98 Å². The zero-order valence-corrected chi connectivity index (χ0v) is 7.86. The standard InChI is InChI=1S/C8H8BrNO2/c9-7-1-6(3-10-4-7)2-8(12)5-11/h1,3-5,8,12H,2H2. The summed E-state index contributed by atoms with van der Waals surface area (Å²) in [7, 11) is 0. The van der Waals surface area contributed by atoms with Crippen molar-refractivity contribution in [2.75, 3.05) is 0 Å². The quantitative estimate of drug-likeness (QED) is 0.786. The van der Waals surface area contributed by atoms with Crippen LogP contribution in [-0.2, 0) is 11.2 Å². The second-order valence-corrected chi connectivity index (χ2v) is 3.33. The largest absolute Gasteiger partial charge is 0.385 e. The van der Waals surface area contributed by atoms with Crippen molar-refractivity contribution < 1.29 is 9.90 Å². The van der Waals surface area contributed by atoms with E-state index >= 15 is 0 Å². The number of hydrogen-bond acceptors (Lipinski definition) is 3. The summed E-state index contributed by atoms with van der Waals surface area (Å²) in [5.41, 5.74) is 0.837. The van der Waals surface area contributed by atoms with Gasteiger partial charge in [0.05, 0.1) is 0 Å². The number of aliphatic hydroxyl groups is 1. The molecule has 0 bridgehead atoms. The van der Waals surface area contributed by atoms with E-state index in [1.165, 1.54) is 0 Å². The van der Waals surface area contributed by atoms with E-state index in [0.717, 1.165) is 10.0 Å². The number of nitrogens with zero attached hydrogens (tertiary/aromatic N) is 1. The third kappa shape index (κ3) is 2.71. The van der Waals surface area contributed by atoms with E-state index < -0.39 is 6.10 Å². The number of halogens is 1. The molecule has 1 aromatic rings. The van der Waals surface area contributed by atoms with Gasteiger partial charge in [-0.2, -0.15) is 0 Å². The van der Waals surface area contributed by atoms with Gasteiger partial charge >= 0.3 is 0 Å². The van der Waals surface area contributed by atoms with E-state index in [9.17, 15) is 4.79 Å². The highest BCUT2D eigenvalue weighted by atomic mass is 79.9. The first kappa shape index (κ1) is 9.35. The Labute approximate surface area is 78.6 Å². The SMILES string of the molecule is O=CC(O)Cc1cncc(Br)c1. The number of aliphatic hydroxyl groups excluding tert-OH is 1. The first-order chi connectivity index (χ1) is 5.72. The molecule has 1 rings (SSSR count). The van der Waals surface area contributed by atoms with Gasteiger partial charge in [-0.15, -0.1) is 0 Å². The van der Waals surface area contributed by atoms with Crippen LogP contribution >= 0.6 is 15.9 Å². The maximum Gasteiger partial charge on any atom is 0.148 e. The number of pyridine rings is 1. The predicted octanol–water partition coefficient (Wildman–Crippen LogP) is 0.946. The Morgan fingerprint density at radius 2 is 2.42 bits per heavy atom. The fourth-order valence-electron chi connectivity index (χ4n) is 0.857. The maximum absolute atomic E-state index is 10.1. The van der Waals surface area contributed by atoms with E-state index in [0.29, 0.717) is 12.7 Å². The van der Waals surface area contributed by atoms with Gasteiger partial charge in [0.15, 0.2) is 0 Å². The summed E-state index contributed by atoms with van der Waals surface area (Å²) in [4.78, 5) is 14.0. The van der Waals surface area contributed by atoms with Gasteiger partial charge in [0.2, 0.25) is 0 Å². The van der Waals surface area contributed by atoms with Crippen LogP contribution in [0.3, 0.4) is 0 Å². The van der Waals surface area contributed by atoms with Gasteiger partial charge in [-0.1, -0.05) is 0 Å². The zero-order chi connectivity index (χ0) is 8.97. The number of hydrogen-bond donors (Lipinski definition) is 1. The monoisotopic (exact) mass is 229 g/mol. The van der Waals surface area contributed by atoms with Crippen molar-refractivity contribution in [2.45, 2.75) is 12.5 Å². The third-order valence-corrected chi connectivity index (χ3v) is 1.80. The normalized spacial score (nSPS) is 12.5. The molecule has 0 amide bonds. The molecular formula is C8H8BrNO2. The van der Waals surface area contributed by atoms with Gasteiger partial charge < -0.3 is 9.90 Å². The highest BCUT2D eigenvalue weighted by Crippen LogP contribution is 2.10. The van der Waals surface area contributed by atoms with Crippen LogP contribution in [-0.4, -0.2) is 22.5 Å². The minimum atomic E-state index is -0.930. The van der Waals surface area contributed by atoms with E-state index in [4.69, 9.17) is 5.11 Å². The summed E-state index contributed by atoms with van der Waals surface area (Å²) in [5, 5.41) is 8.99. The number of rotatable bonds is 3. The molecule has 0 saturated carbocycles. The molecule has 12 heavy (non-hydrogen) atoms. The summed E-state index contributed by atoms with van der Waals surface area (Å²) in [6.45, 7) is 0. The van der Waals surface area contributed by atoms with Crippen LogP contribution in [0, 0.1) is 0 Å². The van der Waals surface area contributed by atoms with Crippen molar-refractivity contribution in [3.63, 3.8) is 0 Å². The molecular weight excluding hydrogens is 222 g/mol. The lowest BCUT2D eigenvalue weighted by Gasteiger charge is -2.02. The Bertz CT molecular complexity index is 278. The summed E-state index contributed by atoms with van der Waals surface area (Å²) in [6.07, 6.45) is 3.17. The zero-order valence-electron chi connectivity index (χ0n) is 6.27. The smallest absolute Gasteiger partial charge is 0.148 e. The topological polar surface area (TPSA) is 50.2 Å². The summed E-state index contributed by atoms with van der Waals surface area (Å²) < 4.78 is 0.845. The highest BCUT2D eigenvalue weighted by molar-refractivity contribution is 9.10. The van der Waals surface area contributed by atoms with E-state index in [2.05, 4.69) is 20.9 Å². The Morgan fingerprint density at radius 1 is 1.67 bits per heavy atom. The minimum absolute atomic E-state index is 0.315. The molecule has 1 atom stereocenters. The van der Waals surface area contributed by atoms with Crippen LogP contribution in [0.1, 0.15) is 5.56 Å². The van der Waals surface area contributed by atoms with Gasteiger partial charge in [0, 0.05) is 23.3 Å². The second-order valence-electron chi connectivity index (χ2n) is 2.42. The molecule has 1 heterocycles. The third-order valence-electron chi connectivity index (χ3n) is 1.36. The van der Waals surface area contributed by atoms with E-state index in [1.807, 2.05) is 6.07 Å². The van der Waals surface area contributed by atoms with Crippen molar-refractivity contribution in [1.82, 2.24) is 4.98 Å². The van der Waals surface area contributed by atoms with Gasteiger partial charge in [0.25, 0.3) is 0 Å². The summed E-state index contributed by atoms with van der Waals surface area (Å²) in [6, 6.07) is 1.82. The molecule has 0 saturated heterocycles. The van der Waals surface area contributed by atoms with Crippen molar-refractivity contribution in [3.05, 3.63) is 28.5 Å². The molecule has 0 fully saturated rings. The molecule has 0 aromatic carbocycles. The Kier molecular flexibility index (Phi) is 3.37. The highest BCUT2D eigenvalue weighted by Gasteiger charge is 2.03. The van der Waals surface area contributed by atoms with Gasteiger partial charge in [0.1, 0.15) is 12.4 Å². The average molecular weight is 230 g/mol. The van der Waals surface area contributed by atoms with Gasteiger partial charge in [-0.05, 0) is 27.6 Å². The van der Waals surface area contributed by atoms with Crippen LogP contribution in [0.25, 0.3) is 0 Å². The van der Waals surface area contributed by atoms with E-state index in [1.54, 1.807) is 12.4 Å². The van der Waals surface area contributed by atoms with Crippen molar-refractivity contribution in [1.29, 1.82) is 0 Å². The lowest BCUT2D eigenvalue weighted by molar-refractivity contribution is -0.114. The molecule has 4 heteroatoms. The Hall–Kier alpha value is -0.740. The number of carbonyl (C=O) groups excluding carboxylic acids is 1. The second kappa shape index (κ2) is 4.33. The lowest BCUT2D eigenvalue weighted by Crippen LogP contribution is -2.11. The molecule has 0 radical (unpaired) electrons. The van der Waals surface area contributed by atoms with Crippen LogP contribution in [0.5, 0.6) is 0 Å². The lowest BCUT2D eigenvalue weighted by atomic mass is 10.1. The molecule has 3 nitrogen and oxygen atoms in total. The van der Waals surface area contributed by atoms with Crippen LogP contribution in [0.2, 0.25) is 0 Å². The Balaban J connectivity index is 2.69. The summed E-state index contributed by atoms with van der Waals surface area (Å²) in [5.74, 6) is 0. The maximum atomic E-state index is 10.1. The number of aromatic nitrogens is 1. The Morgan fingerprint density at radius 3 is 3.00 bits per heavy atom. The first-order valence-electron chi connectivity index (χ1n) is 3.45. The number of carbonyl (C=O) groups is 1. The molecule has 0 aliphatic heterocycles. The van der Waals surface area contributed by atoms with Crippen LogP contribution in [0.4, 0.5) is 0 Å². The summed E-state index contributed by atoms with van der Waals surface area (Å²) >= 11 is 3.24. The molecule has 1 unspecified atom stereocenters. The molecule has 0 aliphatic rings. The minimum Gasteiger partial charge on any atom is -0.385 e. The fourth-order valence-corrected chi connectivity index (χ4v) is 1.27. The number of aldehydes is 1. The average Bonchev–Trinajstić information content (AvgIpc) is 2.04. The molecule has 1 N–H and O–H groups in total. The molecule has 1 aromatic heterocycles. The molecule has 0 spiro atoms. The molecule has 0 aliphatic carbocycles. The van der Waals surface area contributed by atoms with Crippen molar-refractivity contribution in [2.24, 2.45) is 0 Å².